The monoisotopic (exact) mass is 311 g/mol. The van der Waals surface area contributed by atoms with Crippen molar-refractivity contribution in [2.24, 2.45) is 5.10 Å². The summed E-state index contributed by atoms with van der Waals surface area (Å²) in [6, 6.07) is 4.98. The van der Waals surface area contributed by atoms with Crippen LogP contribution in [0.4, 0.5) is 0 Å². The first-order valence-electron chi connectivity index (χ1n) is 6.45. The van der Waals surface area contributed by atoms with Gasteiger partial charge in [-0.15, -0.1) is 0 Å². The van der Waals surface area contributed by atoms with Gasteiger partial charge < -0.3 is 10.1 Å². The molecule has 0 radical (unpaired) electrons. The van der Waals surface area contributed by atoms with Crippen molar-refractivity contribution < 1.29 is 14.3 Å². The Balaban J connectivity index is 2.56. The Morgan fingerprint density at radius 3 is 2.71 bits per heavy atom. The normalized spacial score (nSPS) is 12.0. The molecule has 0 spiro atoms. The number of amides is 2. The Labute approximate surface area is 128 Å². The Bertz CT molecular complexity index is 546. The van der Waals surface area contributed by atoms with Gasteiger partial charge in [-0.05, 0) is 37.1 Å². The number of carbonyl (C=O) groups is 2. The molecule has 0 aliphatic heterocycles. The van der Waals surface area contributed by atoms with Gasteiger partial charge in [-0.1, -0.05) is 18.5 Å². The standard InChI is InChI=1S/C14H18ClN3O3/c1-4-9(2)17-13(19)14(20)18-16-8-10-5-6-12(21-3)11(15)7-10/h5-9H,4H2,1-3H3,(H,17,19)(H,18,20)/b16-8-/t9-/m0/s1. The van der Waals surface area contributed by atoms with E-state index in [0.717, 1.165) is 6.42 Å². The number of nitrogens with one attached hydrogen (secondary N) is 2. The molecule has 1 atom stereocenters. The summed E-state index contributed by atoms with van der Waals surface area (Å²) in [5.41, 5.74) is 2.82. The van der Waals surface area contributed by atoms with E-state index >= 15 is 0 Å². The predicted molar refractivity (Wildman–Crippen MR) is 81.6 cm³/mol. The minimum Gasteiger partial charge on any atom is -0.495 e. The van der Waals surface area contributed by atoms with E-state index < -0.39 is 11.8 Å². The SMILES string of the molecule is CC[C@H](C)NC(=O)C(=O)N/N=C\c1ccc(OC)c(Cl)c1. The van der Waals surface area contributed by atoms with Gasteiger partial charge in [0.1, 0.15) is 5.75 Å². The quantitative estimate of drug-likeness (QED) is 0.493. The van der Waals surface area contributed by atoms with Crippen LogP contribution in [0.3, 0.4) is 0 Å². The molecule has 1 aromatic carbocycles. The van der Waals surface area contributed by atoms with Crippen LogP contribution >= 0.6 is 11.6 Å². The van der Waals surface area contributed by atoms with Crippen LogP contribution in [0.25, 0.3) is 0 Å². The van der Waals surface area contributed by atoms with Gasteiger partial charge in [0.05, 0.1) is 18.3 Å². The summed E-state index contributed by atoms with van der Waals surface area (Å²) in [6.07, 6.45) is 2.13. The lowest BCUT2D eigenvalue weighted by Crippen LogP contribution is -2.41. The summed E-state index contributed by atoms with van der Waals surface area (Å²) < 4.78 is 5.02. The molecule has 0 aromatic heterocycles. The Hall–Kier alpha value is -2.08. The van der Waals surface area contributed by atoms with E-state index in [0.29, 0.717) is 16.3 Å². The Morgan fingerprint density at radius 1 is 1.43 bits per heavy atom. The molecule has 0 fully saturated rings. The zero-order valence-corrected chi connectivity index (χ0v) is 12.9. The highest BCUT2D eigenvalue weighted by atomic mass is 35.5. The summed E-state index contributed by atoms with van der Waals surface area (Å²) >= 11 is 5.96. The van der Waals surface area contributed by atoms with Crippen molar-refractivity contribution in [1.82, 2.24) is 10.7 Å². The third-order valence-electron chi connectivity index (χ3n) is 2.75. The van der Waals surface area contributed by atoms with Crippen LogP contribution in [0, 0.1) is 0 Å². The summed E-state index contributed by atoms with van der Waals surface area (Å²) in [7, 11) is 1.52. The lowest BCUT2D eigenvalue weighted by atomic mass is 10.2. The largest absolute Gasteiger partial charge is 0.495 e. The number of ether oxygens (including phenoxy) is 1. The van der Waals surface area contributed by atoms with Gasteiger partial charge in [-0.3, -0.25) is 9.59 Å². The van der Waals surface area contributed by atoms with Crippen LogP contribution in [0.2, 0.25) is 5.02 Å². The van der Waals surface area contributed by atoms with Crippen LogP contribution in [0.1, 0.15) is 25.8 Å². The molecular weight excluding hydrogens is 294 g/mol. The lowest BCUT2D eigenvalue weighted by Gasteiger charge is -2.09. The summed E-state index contributed by atoms with van der Waals surface area (Å²) in [5.74, 6) is -0.980. The predicted octanol–water partition coefficient (Wildman–Crippen LogP) is 1.71. The van der Waals surface area contributed by atoms with Crippen LogP contribution in [0.5, 0.6) is 5.75 Å². The molecule has 114 valence electrons. The first-order valence-corrected chi connectivity index (χ1v) is 6.83. The van der Waals surface area contributed by atoms with Crippen molar-refractivity contribution in [3.63, 3.8) is 0 Å². The van der Waals surface area contributed by atoms with E-state index in [1.54, 1.807) is 18.2 Å². The smallest absolute Gasteiger partial charge is 0.329 e. The minimum atomic E-state index is -0.814. The molecule has 6 nitrogen and oxygen atoms in total. The molecule has 0 bridgehead atoms. The fourth-order valence-electron chi connectivity index (χ4n) is 1.37. The molecule has 7 heteroatoms. The number of rotatable bonds is 5. The van der Waals surface area contributed by atoms with Crippen molar-refractivity contribution in [3.05, 3.63) is 28.8 Å². The van der Waals surface area contributed by atoms with Gasteiger partial charge in [-0.2, -0.15) is 5.10 Å². The summed E-state index contributed by atoms with van der Waals surface area (Å²) in [4.78, 5) is 22.9. The lowest BCUT2D eigenvalue weighted by molar-refractivity contribution is -0.139. The number of methoxy groups -OCH3 is 1. The summed E-state index contributed by atoms with van der Waals surface area (Å²) in [5, 5.41) is 6.68. The van der Waals surface area contributed by atoms with E-state index in [9.17, 15) is 9.59 Å². The number of hydrazone groups is 1. The number of benzene rings is 1. The second-order valence-corrected chi connectivity index (χ2v) is 4.78. The molecule has 21 heavy (non-hydrogen) atoms. The van der Waals surface area contributed by atoms with Gasteiger partial charge in [-0.25, -0.2) is 5.43 Å². The van der Waals surface area contributed by atoms with E-state index in [-0.39, 0.29) is 6.04 Å². The van der Waals surface area contributed by atoms with E-state index in [4.69, 9.17) is 16.3 Å². The first kappa shape index (κ1) is 17.0. The average Bonchev–Trinajstić information content (AvgIpc) is 2.47. The van der Waals surface area contributed by atoms with Crippen molar-refractivity contribution >= 4 is 29.6 Å². The molecule has 2 amide bonds. The highest BCUT2D eigenvalue weighted by Gasteiger charge is 2.14. The molecular formula is C14H18ClN3O3. The highest BCUT2D eigenvalue weighted by Crippen LogP contribution is 2.24. The van der Waals surface area contributed by atoms with Gasteiger partial charge >= 0.3 is 11.8 Å². The van der Waals surface area contributed by atoms with E-state index in [2.05, 4.69) is 15.8 Å². The first-order chi connectivity index (χ1) is 9.97. The van der Waals surface area contributed by atoms with Gasteiger partial charge in [0.2, 0.25) is 0 Å². The number of nitrogens with zero attached hydrogens (tertiary/aromatic N) is 1. The van der Waals surface area contributed by atoms with Crippen molar-refractivity contribution in [1.29, 1.82) is 0 Å². The van der Waals surface area contributed by atoms with Crippen molar-refractivity contribution in [2.45, 2.75) is 26.3 Å². The molecule has 0 unspecified atom stereocenters. The van der Waals surface area contributed by atoms with Crippen molar-refractivity contribution in [3.8, 4) is 5.75 Å². The summed E-state index contributed by atoms with van der Waals surface area (Å²) in [6.45, 7) is 3.72. The topological polar surface area (TPSA) is 79.8 Å². The Kier molecular flexibility index (Phi) is 6.68. The third-order valence-corrected chi connectivity index (χ3v) is 3.05. The van der Waals surface area contributed by atoms with Gasteiger partial charge in [0.15, 0.2) is 0 Å². The molecule has 0 heterocycles. The van der Waals surface area contributed by atoms with E-state index in [1.807, 2.05) is 13.8 Å². The molecule has 2 N–H and O–H groups in total. The number of halogens is 1. The Morgan fingerprint density at radius 2 is 2.14 bits per heavy atom. The average molecular weight is 312 g/mol. The molecule has 1 aromatic rings. The van der Waals surface area contributed by atoms with Crippen LogP contribution in [0.15, 0.2) is 23.3 Å². The molecule has 0 saturated carbocycles. The fraction of sp³-hybridized carbons (Fsp3) is 0.357. The van der Waals surface area contributed by atoms with Crippen LogP contribution in [-0.4, -0.2) is 31.2 Å². The van der Waals surface area contributed by atoms with Gasteiger partial charge in [0.25, 0.3) is 0 Å². The number of hydrogen-bond acceptors (Lipinski definition) is 4. The van der Waals surface area contributed by atoms with Gasteiger partial charge in [0, 0.05) is 6.04 Å². The highest BCUT2D eigenvalue weighted by molar-refractivity contribution is 6.35. The van der Waals surface area contributed by atoms with E-state index in [1.165, 1.54) is 13.3 Å². The fourth-order valence-corrected chi connectivity index (χ4v) is 1.64. The van der Waals surface area contributed by atoms with Crippen LogP contribution < -0.4 is 15.5 Å². The number of hydrogen-bond donors (Lipinski definition) is 2. The second-order valence-electron chi connectivity index (χ2n) is 4.38. The molecule has 0 saturated heterocycles. The second kappa shape index (κ2) is 8.26. The maximum absolute atomic E-state index is 11.5. The molecule has 1 rings (SSSR count). The van der Waals surface area contributed by atoms with Crippen LogP contribution in [-0.2, 0) is 9.59 Å². The maximum atomic E-state index is 11.5. The minimum absolute atomic E-state index is 0.0624. The molecule has 0 aliphatic carbocycles. The number of carbonyl (C=O) groups excluding carboxylic acids is 2. The molecule has 0 aliphatic rings. The maximum Gasteiger partial charge on any atom is 0.329 e. The zero-order valence-electron chi connectivity index (χ0n) is 12.1. The third kappa shape index (κ3) is 5.43. The van der Waals surface area contributed by atoms with Crippen molar-refractivity contribution in [2.75, 3.05) is 7.11 Å². The zero-order chi connectivity index (χ0) is 15.8.